The smallest absolute Gasteiger partial charge is 0.265 e. The summed E-state index contributed by atoms with van der Waals surface area (Å²) >= 11 is 0. The van der Waals surface area contributed by atoms with Gasteiger partial charge in [-0.1, -0.05) is 0 Å². The van der Waals surface area contributed by atoms with Gasteiger partial charge in [0.15, 0.2) is 17.5 Å². The van der Waals surface area contributed by atoms with Gasteiger partial charge < -0.3 is 4.90 Å². The molecule has 134 valence electrons. The van der Waals surface area contributed by atoms with Crippen LogP contribution in [0.2, 0.25) is 0 Å². The Hall–Kier alpha value is -3.36. The maximum Gasteiger partial charge on any atom is 0.265 e. The summed E-state index contributed by atoms with van der Waals surface area (Å²) in [5.74, 6) is -1.39. The number of halogens is 1. The van der Waals surface area contributed by atoms with Crippen molar-refractivity contribution in [1.29, 1.82) is 0 Å². The molecule has 3 rings (SSSR count). The summed E-state index contributed by atoms with van der Waals surface area (Å²) in [7, 11) is 3.00. The van der Waals surface area contributed by atoms with E-state index in [0.29, 0.717) is 5.69 Å². The van der Waals surface area contributed by atoms with Gasteiger partial charge in [0.1, 0.15) is 17.5 Å². The predicted molar refractivity (Wildman–Crippen MR) is 91.5 cm³/mol. The molecule has 1 unspecified atom stereocenters. The van der Waals surface area contributed by atoms with Crippen molar-refractivity contribution in [3.63, 3.8) is 0 Å². The van der Waals surface area contributed by atoms with Gasteiger partial charge >= 0.3 is 0 Å². The molecule has 1 atom stereocenters. The number of carbonyl (C=O) groups is 2. The fourth-order valence-corrected chi connectivity index (χ4v) is 2.61. The van der Waals surface area contributed by atoms with Crippen molar-refractivity contribution in [2.24, 2.45) is 0 Å². The zero-order valence-electron chi connectivity index (χ0n) is 14.4. The Morgan fingerprint density at radius 3 is 2.42 bits per heavy atom. The second-order valence-electron chi connectivity index (χ2n) is 5.97. The summed E-state index contributed by atoms with van der Waals surface area (Å²) in [5.41, 5.74) is 0.217. The number of aromatic nitrogens is 4. The second-order valence-corrected chi connectivity index (χ2v) is 5.97. The van der Waals surface area contributed by atoms with E-state index in [1.807, 2.05) is 0 Å². The Kier molecular flexibility index (Phi) is 4.37. The molecule has 0 bridgehead atoms. The molecule has 0 spiro atoms. The monoisotopic (exact) mass is 357 g/mol. The minimum atomic E-state index is -1.29. The van der Waals surface area contributed by atoms with Gasteiger partial charge in [-0.3, -0.25) is 19.0 Å². The maximum absolute atomic E-state index is 13.1. The SMILES string of the molecule is CC(=O)C(C(=O)N(C)C)n1cnc2c(cnn2-c2ccc(F)cc2)c1=O. The fourth-order valence-electron chi connectivity index (χ4n) is 2.61. The third-order valence-corrected chi connectivity index (χ3v) is 3.92. The zero-order valence-corrected chi connectivity index (χ0v) is 14.4. The van der Waals surface area contributed by atoms with Gasteiger partial charge in [0, 0.05) is 14.1 Å². The molecule has 26 heavy (non-hydrogen) atoms. The first-order chi connectivity index (χ1) is 12.3. The number of hydrogen-bond donors (Lipinski definition) is 0. The number of hydrogen-bond acceptors (Lipinski definition) is 5. The van der Waals surface area contributed by atoms with Crippen LogP contribution in [0.25, 0.3) is 16.7 Å². The van der Waals surface area contributed by atoms with Crippen molar-refractivity contribution >= 4 is 22.7 Å². The number of nitrogens with zero attached hydrogens (tertiary/aromatic N) is 5. The van der Waals surface area contributed by atoms with Crippen molar-refractivity contribution in [3.8, 4) is 5.69 Å². The molecule has 0 aliphatic carbocycles. The standard InChI is InChI=1S/C17H16FN5O3/c1-10(24)14(17(26)21(2)3)22-9-19-15-13(16(22)25)8-20-23(15)12-6-4-11(18)5-7-12/h4-9,14H,1-3H3. The van der Waals surface area contributed by atoms with Crippen LogP contribution in [-0.2, 0) is 9.59 Å². The number of carbonyl (C=O) groups excluding carboxylic acids is 2. The highest BCUT2D eigenvalue weighted by molar-refractivity contribution is 6.02. The molecular weight excluding hydrogens is 341 g/mol. The first-order valence-electron chi connectivity index (χ1n) is 7.73. The molecule has 0 aliphatic heterocycles. The van der Waals surface area contributed by atoms with Gasteiger partial charge in [0.2, 0.25) is 0 Å². The van der Waals surface area contributed by atoms with Crippen LogP contribution in [0.1, 0.15) is 13.0 Å². The normalized spacial score (nSPS) is 12.2. The Morgan fingerprint density at radius 1 is 1.19 bits per heavy atom. The van der Waals surface area contributed by atoms with Crippen LogP contribution in [0.15, 0.2) is 41.6 Å². The zero-order chi connectivity index (χ0) is 19.0. The number of benzene rings is 1. The average Bonchev–Trinajstić information content (AvgIpc) is 3.02. The molecule has 1 amide bonds. The maximum atomic E-state index is 13.1. The van der Waals surface area contributed by atoms with Gasteiger partial charge in [-0.15, -0.1) is 0 Å². The number of amides is 1. The van der Waals surface area contributed by atoms with Crippen molar-refractivity contribution < 1.29 is 14.0 Å². The molecule has 2 heterocycles. The molecule has 2 aromatic heterocycles. The minimum absolute atomic E-state index is 0.148. The van der Waals surface area contributed by atoms with Gasteiger partial charge in [-0.25, -0.2) is 14.1 Å². The van der Waals surface area contributed by atoms with E-state index in [1.165, 1.54) is 61.1 Å². The molecule has 0 saturated heterocycles. The van der Waals surface area contributed by atoms with Crippen LogP contribution in [0, 0.1) is 5.82 Å². The van der Waals surface area contributed by atoms with E-state index in [4.69, 9.17) is 0 Å². The van der Waals surface area contributed by atoms with Crippen LogP contribution in [0.4, 0.5) is 4.39 Å². The highest BCUT2D eigenvalue weighted by atomic mass is 19.1. The van der Waals surface area contributed by atoms with Crippen LogP contribution in [0.3, 0.4) is 0 Å². The summed E-state index contributed by atoms with van der Waals surface area (Å²) in [6.45, 7) is 1.24. The highest BCUT2D eigenvalue weighted by Gasteiger charge is 2.29. The van der Waals surface area contributed by atoms with Crippen molar-refractivity contribution in [1.82, 2.24) is 24.2 Å². The highest BCUT2D eigenvalue weighted by Crippen LogP contribution is 2.16. The molecule has 0 N–H and O–H groups in total. The predicted octanol–water partition coefficient (Wildman–Crippen LogP) is 0.940. The van der Waals surface area contributed by atoms with E-state index in [0.717, 1.165) is 10.9 Å². The van der Waals surface area contributed by atoms with Gasteiger partial charge in [-0.05, 0) is 31.2 Å². The minimum Gasteiger partial charge on any atom is -0.347 e. The topological polar surface area (TPSA) is 90.1 Å². The molecule has 0 radical (unpaired) electrons. The quantitative estimate of drug-likeness (QED) is 0.648. The second kappa shape index (κ2) is 6.51. The van der Waals surface area contributed by atoms with Crippen LogP contribution < -0.4 is 5.56 Å². The average molecular weight is 357 g/mol. The number of ketones is 1. The largest absolute Gasteiger partial charge is 0.347 e. The van der Waals surface area contributed by atoms with E-state index >= 15 is 0 Å². The molecule has 0 fully saturated rings. The van der Waals surface area contributed by atoms with E-state index in [9.17, 15) is 18.8 Å². The summed E-state index contributed by atoms with van der Waals surface area (Å²) in [5, 5.41) is 4.27. The molecule has 1 aromatic carbocycles. The van der Waals surface area contributed by atoms with Crippen LogP contribution >= 0.6 is 0 Å². The Morgan fingerprint density at radius 2 is 1.85 bits per heavy atom. The van der Waals surface area contributed by atoms with Crippen molar-refractivity contribution in [3.05, 3.63) is 53.0 Å². The third kappa shape index (κ3) is 2.87. The van der Waals surface area contributed by atoms with E-state index in [2.05, 4.69) is 10.1 Å². The van der Waals surface area contributed by atoms with Crippen LogP contribution in [0.5, 0.6) is 0 Å². The molecule has 0 saturated carbocycles. The lowest BCUT2D eigenvalue weighted by Crippen LogP contribution is -2.40. The summed E-state index contributed by atoms with van der Waals surface area (Å²) in [6, 6.07) is 4.26. The first kappa shape index (κ1) is 17.5. The molecular formula is C17H16FN5O3. The number of Topliss-reactive ketones (excluding diaryl/α,β-unsaturated/α-hetero) is 1. The summed E-state index contributed by atoms with van der Waals surface area (Å²) in [6.07, 6.45) is 2.46. The fraction of sp³-hybridized carbons (Fsp3) is 0.235. The lowest BCUT2D eigenvalue weighted by Gasteiger charge is -2.20. The van der Waals surface area contributed by atoms with Gasteiger partial charge in [-0.2, -0.15) is 5.10 Å². The Bertz CT molecular complexity index is 1050. The van der Waals surface area contributed by atoms with Crippen molar-refractivity contribution in [2.75, 3.05) is 14.1 Å². The number of rotatable bonds is 4. The summed E-state index contributed by atoms with van der Waals surface area (Å²) < 4.78 is 15.5. The van der Waals surface area contributed by atoms with Gasteiger partial charge in [0.05, 0.1) is 11.9 Å². The Balaban J connectivity index is 2.16. The van der Waals surface area contributed by atoms with E-state index in [1.54, 1.807) is 0 Å². The van der Waals surface area contributed by atoms with Crippen molar-refractivity contribution in [2.45, 2.75) is 13.0 Å². The molecule has 3 aromatic rings. The first-order valence-corrected chi connectivity index (χ1v) is 7.73. The molecule has 0 aliphatic rings. The molecule has 9 heteroatoms. The van der Waals surface area contributed by atoms with Crippen LogP contribution in [-0.4, -0.2) is 50.0 Å². The lowest BCUT2D eigenvalue weighted by molar-refractivity contribution is -0.137. The third-order valence-electron chi connectivity index (χ3n) is 3.92. The summed E-state index contributed by atoms with van der Waals surface area (Å²) in [4.78, 5) is 42.5. The number of fused-ring (bicyclic) bond motifs is 1. The Labute approximate surface area is 147 Å². The van der Waals surface area contributed by atoms with Gasteiger partial charge in [0.25, 0.3) is 11.5 Å². The lowest BCUT2D eigenvalue weighted by atomic mass is 10.1. The van der Waals surface area contributed by atoms with E-state index in [-0.39, 0.29) is 11.0 Å². The number of likely N-dealkylation sites (N-methyl/N-ethyl adjacent to an activating group) is 1. The van der Waals surface area contributed by atoms with E-state index < -0.39 is 29.1 Å². The molecule has 8 nitrogen and oxygen atoms in total.